The summed E-state index contributed by atoms with van der Waals surface area (Å²) in [6, 6.07) is 8.47. The lowest BCUT2D eigenvalue weighted by Crippen LogP contribution is -2.45. The molecule has 1 aromatic carbocycles. The Morgan fingerprint density at radius 1 is 1.21 bits per heavy atom. The van der Waals surface area contributed by atoms with Crippen molar-refractivity contribution in [3.05, 3.63) is 47.3 Å². The molecule has 28 heavy (non-hydrogen) atoms. The number of rotatable bonds is 8. The largest absolute Gasteiger partial charge is 0.495 e. The molecule has 150 valence electrons. The number of aromatic nitrogens is 1. The number of ether oxygens (including phenoxy) is 1. The number of methoxy groups -OCH3 is 1. The highest BCUT2D eigenvalue weighted by Crippen LogP contribution is 2.27. The van der Waals surface area contributed by atoms with Crippen molar-refractivity contribution in [2.45, 2.75) is 33.2 Å². The van der Waals surface area contributed by atoms with E-state index in [0.29, 0.717) is 11.3 Å². The van der Waals surface area contributed by atoms with E-state index in [2.05, 4.69) is 10.6 Å². The van der Waals surface area contributed by atoms with Crippen molar-refractivity contribution < 1.29 is 24.2 Å². The van der Waals surface area contributed by atoms with Gasteiger partial charge < -0.3 is 25.0 Å². The van der Waals surface area contributed by atoms with Crippen LogP contribution in [0.15, 0.2) is 30.3 Å². The molecule has 1 aromatic heterocycles. The van der Waals surface area contributed by atoms with Crippen molar-refractivity contribution >= 4 is 17.8 Å². The van der Waals surface area contributed by atoms with Crippen LogP contribution >= 0.6 is 0 Å². The topological polar surface area (TPSA) is 110 Å². The number of para-hydroxylation sites is 2. The number of amides is 2. The van der Waals surface area contributed by atoms with Crippen LogP contribution in [0.1, 0.15) is 35.1 Å². The molecule has 1 unspecified atom stereocenters. The van der Waals surface area contributed by atoms with E-state index in [1.54, 1.807) is 20.1 Å². The Bertz CT molecular complexity index is 888. The standard InChI is InChI=1S/C20H25N3O5/c1-12-11-15(14(3)23(12)16-7-5-6-8-17(16)28-4)20(27)22-13(2)19(26)21-10-9-18(24)25/h5-8,11,13H,9-10H2,1-4H3,(H,21,26)(H,22,27)(H,24,25). The molecule has 2 amide bonds. The predicted molar refractivity (Wildman–Crippen MR) is 104 cm³/mol. The Hall–Kier alpha value is -3.29. The van der Waals surface area contributed by atoms with Gasteiger partial charge in [0, 0.05) is 17.9 Å². The maximum atomic E-state index is 12.7. The second-order valence-electron chi connectivity index (χ2n) is 6.42. The highest BCUT2D eigenvalue weighted by molar-refractivity contribution is 5.98. The van der Waals surface area contributed by atoms with Crippen molar-refractivity contribution in [2.75, 3.05) is 13.7 Å². The first-order valence-corrected chi connectivity index (χ1v) is 8.89. The molecule has 0 aliphatic carbocycles. The van der Waals surface area contributed by atoms with Crippen molar-refractivity contribution in [1.29, 1.82) is 0 Å². The number of aliphatic carboxylic acids is 1. The van der Waals surface area contributed by atoms with E-state index in [-0.39, 0.29) is 18.9 Å². The Morgan fingerprint density at radius 3 is 2.54 bits per heavy atom. The number of carbonyl (C=O) groups is 3. The van der Waals surface area contributed by atoms with Gasteiger partial charge in [0.15, 0.2) is 0 Å². The van der Waals surface area contributed by atoms with Gasteiger partial charge in [-0.3, -0.25) is 14.4 Å². The molecule has 0 aliphatic rings. The normalized spacial score (nSPS) is 11.6. The number of nitrogens with one attached hydrogen (secondary N) is 2. The number of hydrogen-bond donors (Lipinski definition) is 3. The number of carbonyl (C=O) groups excluding carboxylic acids is 2. The summed E-state index contributed by atoms with van der Waals surface area (Å²) in [7, 11) is 1.59. The van der Waals surface area contributed by atoms with Gasteiger partial charge in [0.2, 0.25) is 5.91 Å². The lowest BCUT2D eigenvalue weighted by Gasteiger charge is -2.15. The minimum Gasteiger partial charge on any atom is -0.495 e. The molecule has 1 heterocycles. The Kier molecular flexibility index (Phi) is 6.81. The summed E-state index contributed by atoms with van der Waals surface area (Å²) < 4.78 is 7.34. The minimum absolute atomic E-state index is 0.0106. The summed E-state index contributed by atoms with van der Waals surface area (Å²) in [4.78, 5) is 35.2. The van der Waals surface area contributed by atoms with Crippen LogP contribution < -0.4 is 15.4 Å². The molecule has 2 rings (SSSR count). The van der Waals surface area contributed by atoms with Crippen LogP contribution in [-0.2, 0) is 9.59 Å². The summed E-state index contributed by atoms with van der Waals surface area (Å²) in [6.07, 6.45) is -0.174. The zero-order valence-electron chi connectivity index (χ0n) is 16.4. The first kappa shape index (κ1) is 21.0. The fraction of sp³-hybridized carbons (Fsp3) is 0.350. The minimum atomic E-state index is -0.999. The molecule has 0 fully saturated rings. The summed E-state index contributed by atoms with van der Waals surface area (Å²) in [5.41, 5.74) is 2.84. The molecule has 8 nitrogen and oxygen atoms in total. The van der Waals surface area contributed by atoms with E-state index in [9.17, 15) is 14.4 Å². The smallest absolute Gasteiger partial charge is 0.305 e. The van der Waals surface area contributed by atoms with E-state index < -0.39 is 17.9 Å². The molecule has 2 aromatic rings. The summed E-state index contributed by atoms with van der Waals surface area (Å²) >= 11 is 0. The molecule has 0 saturated carbocycles. The molecule has 8 heteroatoms. The van der Waals surface area contributed by atoms with Crippen molar-refractivity contribution in [3.63, 3.8) is 0 Å². The number of carboxylic acids is 1. The third-order valence-corrected chi connectivity index (χ3v) is 4.38. The lowest BCUT2D eigenvalue weighted by atomic mass is 10.2. The average molecular weight is 387 g/mol. The number of hydrogen-bond acceptors (Lipinski definition) is 4. The fourth-order valence-corrected chi connectivity index (χ4v) is 2.96. The van der Waals surface area contributed by atoms with Gasteiger partial charge in [-0.2, -0.15) is 0 Å². The van der Waals surface area contributed by atoms with Gasteiger partial charge in [-0.05, 0) is 39.0 Å². The Morgan fingerprint density at radius 2 is 1.89 bits per heavy atom. The summed E-state index contributed by atoms with van der Waals surface area (Å²) in [5, 5.41) is 13.8. The Labute approximate surface area is 163 Å². The van der Waals surface area contributed by atoms with Gasteiger partial charge >= 0.3 is 5.97 Å². The lowest BCUT2D eigenvalue weighted by molar-refractivity contribution is -0.137. The second kappa shape index (κ2) is 9.07. The molecular formula is C20H25N3O5. The van der Waals surface area contributed by atoms with Gasteiger partial charge in [0.25, 0.3) is 5.91 Å². The van der Waals surface area contributed by atoms with Crippen molar-refractivity contribution in [1.82, 2.24) is 15.2 Å². The Balaban J connectivity index is 2.17. The zero-order valence-corrected chi connectivity index (χ0v) is 16.4. The third kappa shape index (κ3) is 4.70. The van der Waals surface area contributed by atoms with Gasteiger partial charge in [0.1, 0.15) is 11.8 Å². The van der Waals surface area contributed by atoms with Crippen LogP contribution in [-0.4, -0.2) is 47.2 Å². The van der Waals surface area contributed by atoms with E-state index in [1.165, 1.54) is 0 Å². The maximum Gasteiger partial charge on any atom is 0.305 e. The summed E-state index contributed by atoms with van der Waals surface area (Å²) in [6.45, 7) is 5.27. The quantitative estimate of drug-likeness (QED) is 0.640. The van der Waals surface area contributed by atoms with E-state index >= 15 is 0 Å². The number of benzene rings is 1. The van der Waals surface area contributed by atoms with Gasteiger partial charge in [-0.15, -0.1) is 0 Å². The van der Waals surface area contributed by atoms with Crippen LogP contribution in [0, 0.1) is 13.8 Å². The molecular weight excluding hydrogens is 362 g/mol. The average Bonchev–Trinajstić information content (AvgIpc) is 2.95. The molecule has 3 N–H and O–H groups in total. The van der Waals surface area contributed by atoms with Crippen LogP contribution in [0.2, 0.25) is 0 Å². The van der Waals surface area contributed by atoms with Gasteiger partial charge in [0.05, 0.1) is 24.8 Å². The molecule has 0 bridgehead atoms. The maximum absolute atomic E-state index is 12.7. The first-order chi connectivity index (χ1) is 13.3. The number of nitrogens with zero attached hydrogens (tertiary/aromatic N) is 1. The van der Waals surface area contributed by atoms with Crippen molar-refractivity contribution in [2.24, 2.45) is 0 Å². The second-order valence-corrected chi connectivity index (χ2v) is 6.42. The molecule has 0 radical (unpaired) electrons. The molecule has 0 spiro atoms. The molecule has 1 atom stereocenters. The van der Waals surface area contributed by atoms with Crippen LogP contribution in [0.25, 0.3) is 5.69 Å². The van der Waals surface area contributed by atoms with Crippen LogP contribution in [0.3, 0.4) is 0 Å². The van der Waals surface area contributed by atoms with Crippen LogP contribution in [0.5, 0.6) is 5.75 Å². The SMILES string of the molecule is COc1ccccc1-n1c(C)cc(C(=O)NC(C)C(=O)NCCC(=O)O)c1C. The fourth-order valence-electron chi connectivity index (χ4n) is 2.96. The highest BCUT2D eigenvalue weighted by atomic mass is 16.5. The summed E-state index contributed by atoms with van der Waals surface area (Å²) in [5.74, 6) is -1.13. The number of aryl methyl sites for hydroxylation is 1. The monoisotopic (exact) mass is 387 g/mol. The third-order valence-electron chi connectivity index (χ3n) is 4.38. The molecule has 0 saturated heterocycles. The predicted octanol–water partition coefficient (Wildman–Crippen LogP) is 1.81. The van der Waals surface area contributed by atoms with Crippen LogP contribution in [0.4, 0.5) is 0 Å². The van der Waals surface area contributed by atoms with Crippen molar-refractivity contribution in [3.8, 4) is 11.4 Å². The van der Waals surface area contributed by atoms with Gasteiger partial charge in [-0.25, -0.2) is 0 Å². The first-order valence-electron chi connectivity index (χ1n) is 8.89. The van der Waals surface area contributed by atoms with E-state index in [4.69, 9.17) is 9.84 Å². The zero-order chi connectivity index (χ0) is 20.8. The van der Waals surface area contributed by atoms with E-state index in [1.807, 2.05) is 42.7 Å². The molecule has 0 aliphatic heterocycles. The number of carboxylic acid groups (broad SMARTS) is 1. The van der Waals surface area contributed by atoms with E-state index in [0.717, 1.165) is 17.1 Å². The highest BCUT2D eigenvalue weighted by Gasteiger charge is 2.22. The van der Waals surface area contributed by atoms with Gasteiger partial charge in [-0.1, -0.05) is 12.1 Å².